The molecule has 0 saturated carbocycles. The second-order valence-corrected chi connectivity index (χ2v) is 8.21. The molecule has 1 amide bonds. The zero-order valence-electron chi connectivity index (χ0n) is 16.1. The van der Waals surface area contributed by atoms with Gasteiger partial charge < -0.3 is 4.90 Å². The zero-order chi connectivity index (χ0) is 18.8. The van der Waals surface area contributed by atoms with E-state index in [9.17, 15) is 4.79 Å². The van der Waals surface area contributed by atoms with E-state index in [1.807, 2.05) is 36.9 Å². The highest BCUT2D eigenvalue weighted by Gasteiger charge is 2.23. The maximum atomic E-state index is 13.3. The molecule has 0 atom stereocenters. The lowest BCUT2D eigenvalue weighted by molar-refractivity contribution is -0.856. The van der Waals surface area contributed by atoms with Gasteiger partial charge in [0, 0.05) is 5.56 Å². The van der Waals surface area contributed by atoms with E-state index in [4.69, 9.17) is 4.98 Å². The fourth-order valence-electron chi connectivity index (χ4n) is 2.95. The van der Waals surface area contributed by atoms with E-state index in [1.165, 1.54) is 16.0 Å². The molecule has 0 fully saturated rings. The Kier molecular flexibility index (Phi) is 5.39. The van der Waals surface area contributed by atoms with Crippen LogP contribution in [0.4, 0.5) is 5.13 Å². The summed E-state index contributed by atoms with van der Waals surface area (Å²) in [5, 5.41) is 0.775. The van der Waals surface area contributed by atoms with Crippen molar-refractivity contribution < 1.29 is 9.69 Å². The minimum absolute atomic E-state index is 0.0273. The van der Waals surface area contributed by atoms with Crippen molar-refractivity contribution in [3.63, 3.8) is 0 Å². The number of aryl methyl sites for hydroxylation is 3. The van der Waals surface area contributed by atoms with E-state index in [2.05, 4.69) is 39.2 Å². The zero-order valence-corrected chi connectivity index (χ0v) is 16.9. The molecule has 0 spiro atoms. The summed E-state index contributed by atoms with van der Waals surface area (Å²) >= 11 is 1.59. The fraction of sp³-hybridized carbons (Fsp3) is 0.333. The first-order valence-corrected chi connectivity index (χ1v) is 9.72. The summed E-state index contributed by atoms with van der Waals surface area (Å²) in [7, 11) is 4.20. The highest BCUT2D eigenvalue weighted by atomic mass is 32.1. The van der Waals surface area contributed by atoms with Gasteiger partial charge in [0.15, 0.2) is 5.13 Å². The monoisotopic (exact) mass is 368 g/mol. The second-order valence-electron chi connectivity index (χ2n) is 7.20. The normalized spacial score (nSPS) is 11.3. The van der Waals surface area contributed by atoms with Gasteiger partial charge in [-0.25, -0.2) is 4.98 Å². The van der Waals surface area contributed by atoms with Gasteiger partial charge in [0.2, 0.25) is 0 Å². The summed E-state index contributed by atoms with van der Waals surface area (Å²) in [5.74, 6) is 0.0273. The van der Waals surface area contributed by atoms with Crippen LogP contribution in [-0.2, 0) is 0 Å². The van der Waals surface area contributed by atoms with Crippen LogP contribution >= 0.6 is 11.3 Å². The number of carbonyl (C=O) groups is 1. The number of hydrogen-bond donors (Lipinski definition) is 1. The van der Waals surface area contributed by atoms with Gasteiger partial charge in [-0.05, 0) is 50.1 Å². The molecule has 1 aromatic heterocycles. The van der Waals surface area contributed by atoms with Crippen LogP contribution in [0.15, 0.2) is 36.4 Å². The first kappa shape index (κ1) is 18.5. The van der Waals surface area contributed by atoms with Crippen molar-refractivity contribution >= 4 is 32.6 Å². The van der Waals surface area contributed by atoms with E-state index in [0.717, 1.165) is 33.0 Å². The van der Waals surface area contributed by atoms with Gasteiger partial charge in [0.05, 0.1) is 37.4 Å². The summed E-state index contributed by atoms with van der Waals surface area (Å²) < 4.78 is 1.12. The van der Waals surface area contributed by atoms with Crippen molar-refractivity contribution in [2.45, 2.75) is 20.8 Å². The topological polar surface area (TPSA) is 37.6 Å². The molecule has 0 aliphatic carbocycles. The molecule has 0 saturated heterocycles. The number of aromatic nitrogens is 1. The van der Waals surface area contributed by atoms with E-state index >= 15 is 0 Å². The van der Waals surface area contributed by atoms with Crippen LogP contribution in [0.1, 0.15) is 27.0 Å². The summed E-state index contributed by atoms with van der Waals surface area (Å²) in [4.78, 5) is 21.2. The average Bonchev–Trinajstić information content (AvgIpc) is 2.97. The molecule has 0 bridgehead atoms. The van der Waals surface area contributed by atoms with Crippen molar-refractivity contribution in [1.29, 1.82) is 0 Å². The lowest BCUT2D eigenvalue weighted by Crippen LogP contribution is -3.06. The molecule has 4 nitrogen and oxygen atoms in total. The lowest BCUT2D eigenvalue weighted by atomic mass is 10.0. The maximum absolute atomic E-state index is 13.3. The van der Waals surface area contributed by atoms with Crippen LogP contribution in [-0.4, -0.2) is 38.1 Å². The smallest absolute Gasteiger partial charge is 0.260 e. The molecule has 26 heavy (non-hydrogen) atoms. The van der Waals surface area contributed by atoms with Gasteiger partial charge in [-0.1, -0.05) is 35.1 Å². The Hall–Kier alpha value is -2.24. The van der Waals surface area contributed by atoms with Crippen molar-refractivity contribution in [3.05, 3.63) is 58.7 Å². The number of thiazole rings is 1. The largest absolute Gasteiger partial charge is 0.338 e. The molecule has 0 radical (unpaired) electrons. The van der Waals surface area contributed by atoms with Crippen LogP contribution in [0.25, 0.3) is 10.2 Å². The highest BCUT2D eigenvalue weighted by molar-refractivity contribution is 7.22. The number of benzene rings is 2. The number of fused-ring (bicyclic) bond motifs is 1. The van der Waals surface area contributed by atoms with Gasteiger partial charge in [-0.3, -0.25) is 9.69 Å². The quantitative estimate of drug-likeness (QED) is 0.752. The first-order chi connectivity index (χ1) is 12.3. The molecule has 3 rings (SSSR count). The van der Waals surface area contributed by atoms with Crippen LogP contribution in [0, 0.1) is 20.8 Å². The van der Waals surface area contributed by atoms with Gasteiger partial charge in [-0.15, -0.1) is 0 Å². The maximum Gasteiger partial charge on any atom is 0.260 e. The molecule has 1 N–H and O–H groups in total. The Balaban J connectivity index is 2.01. The Morgan fingerprint density at radius 2 is 1.77 bits per heavy atom. The van der Waals surface area contributed by atoms with E-state index in [0.29, 0.717) is 6.54 Å². The van der Waals surface area contributed by atoms with Crippen molar-refractivity contribution in [3.8, 4) is 0 Å². The lowest BCUT2D eigenvalue weighted by Gasteiger charge is -2.21. The number of anilines is 1. The minimum atomic E-state index is 0.0273. The molecular weight excluding hydrogens is 342 g/mol. The van der Waals surface area contributed by atoms with E-state index in [-0.39, 0.29) is 5.91 Å². The number of likely N-dealkylation sites (N-methyl/N-ethyl adjacent to an activating group) is 1. The van der Waals surface area contributed by atoms with Crippen LogP contribution in [0.3, 0.4) is 0 Å². The molecule has 2 aromatic carbocycles. The van der Waals surface area contributed by atoms with Crippen LogP contribution < -0.4 is 9.80 Å². The number of nitrogens with one attached hydrogen (secondary N) is 1. The van der Waals surface area contributed by atoms with Crippen LogP contribution in [0.5, 0.6) is 0 Å². The van der Waals surface area contributed by atoms with Gasteiger partial charge >= 0.3 is 0 Å². The molecule has 0 aliphatic rings. The van der Waals surface area contributed by atoms with Crippen molar-refractivity contribution in [2.75, 3.05) is 32.1 Å². The highest BCUT2D eigenvalue weighted by Crippen LogP contribution is 2.30. The van der Waals surface area contributed by atoms with Gasteiger partial charge in [0.1, 0.15) is 0 Å². The van der Waals surface area contributed by atoms with E-state index < -0.39 is 0 Å². The Morgan fingerprint density at radius 3 is 2.46 bits per heavy atom. The van der Waals surface area contributed by atoms with Gasteiger partial charge in [-0.2, -0.15) is 0 Å². The molecular formula is C21H26N3OS+. The molecule has 3 aromatic rings. The number of amides is 1. The van der Waals surface area contributed by atoms with Crippen molar-refractivity contribution in [1.82, 2.24) is 4.98 Å². The molecule has 136 valence electrons. The number of carbonyl (C=O) groups excluding carboxylic acids is 1. The Bertz CT molecular complexity index is 946. The predicted molar refractivity (Wildman–Crippen MR) is 110 cm³/mol. The summed E-state index contributed by atoms with van der Waals surface area (Å²) in [5.41, 5.74) is 5.08. The third-order valence-corrected chi connectivity index (χ3v) is 5.50. The predicted octanol–water partition coefficient (Wildman–Crippen LogP) is 3.01. The number of rotatable bonds is 5. The Labute approximate surface area is 159 Å². The average molecular weight is 369 g/mol. The molecule has 1 heterocycles. The molecule has 0 aliphatic heterocycles. The first-order valence-electron chi connectivity index (χ1n) is 8.90. The summed E-state index contributed by atoms with van der Waals surface area (Å²) in [6, 6.07) is 12.2. The molecule has 5 heteroatoms. The van der Waals surface area contributed by atoms with Gasteiger partial charge in [0.25, 0.3) is 5.91 Å². The minimum Gasteiger partial charge on any atom is -0.338 e. The number of quaternary nitrogens is 1. The van der Waals surface area contributed by atoms with E-state index in [1.54, 1.807) is 11.3 Å². The summed E-state index contributed by atoms with van der Waals surface area (Å²) in [6.45, 7) is 7.63. The SMILES string of the molecule is Cc1ccc(C(=O)N(CC[NH+](C)C)c2nc3ccc(C)cc3s2)c(C)c1. The van der Waals surface area contributed by atoms with Crippen LogP contribution in [0.2, 0.25) is 0 Å². The third kappa shape index (κ3) is 3.94. The Morgan fingerprint density at radius 1 is 1.08 bits per heavy atom. The molecule has 0 unspecified atom stereocenters. The van der Waals surface area contributed by atoms with Crippen molar-refractivity contribution in [2.24, 2.45) is 0 Å². The standard InChI is InChI=1S/C21H25N3OS/c1-14-6-8-17(16(3)12-14)20(25)24(11-10-23(4)5)21-22-18-9-7-15(2)13-19(18)26-21/h6-9,12-13H,10-11H2,1-5H3/p+1. The second kappa shape index (κ2) is 7.56. The third-order valence-electron chi connectivity index (χ3n) is 4.46. The summed E-state index contributed by atoms with van der Waals surface area (Å²) in [6.07, 6.45) is 0. The number of hydrogen-bond acceptors (Lipinski definition) is 3. The number of nitrogens with zero attached hydrogens (tertiary/aromatic N) is 2. The fourth-order valence-corrected chi connectivity index (χ4v) is 4.04.